The second-order valence-electron chi connectivity index (χ2n) is 6.77. The van der Waals surface area contributed by atoms with Gasteiger partial charge in [0.15, 0.2) is 0 Å². The normalized spacial score (nSPS) is 11.0. The molecule has 0 saturated heterocycles. The van der Waals surface area contributed by atoms with Crippen LogP contribution in [0.1, 0.15) is 11.1 Å². The van der Waals surface area contributed by atoms with Gasteiger partial charge in [-0.2, -0.15) is 5.26 Å². The fraction of sp³-hybridized carbons (Fsp3) is 0.0435. The van der Waals surface area contributed by atoms with Crippen molar-refractivity contribution < 1.29 is 14.5 Å². The lowest BCUT2D eigenvalue weighted by molar-refractivity contribution is -0.383. The SMILES string of the molecule is N#CC(=Cc1cc(I)c(OCc2ccc(Cl)cc2)c(I)c1)C(=O)Nc1ccc(Cl)cc1[N+](=O)[O-]. The van der Waals surface area contributed by atoms with Crippen molar-refractivity contribution in [1.82, 2.24) is 0 Å². The molecular weight excluding hydrogens is 707 g/mol. The van der Waals surface area contributed by atoms with Crippen molar-refractivity contribution in [3.63, 3.8) is 0 Å². The maximum atomic E-state index is 12.6. The number of halogens is 4. The number of anilines is 1. The van der Waals surface area contributed by atoms with Gasteiger partial charge in [-0.05, 0) is 98.8 Å². The highest BCUT2D eigenvalue weighted by Crippen LogP contribution is 2.31. The Balaban J connectivity index is 1.80. The average molecular weight is 720 g/mol. The molecule has 3 rings (SSSR count). The Morgan fingerprint density at radius 1 is 1.09 bits per heavy atom. The number of carbonyl (C=O) groups is 1. The van der Waals surface area contributed by atoms with Crippen LogP contribution in [0.4, 0.5) is 11.4 Å². The maximum Gasteiger partial charge on any atom is 0.294 e. The largest absolute Gasteiger partial charge is 0.487 e. The van der Waals surface area contributed by atoms with Crippen molar-refractivity contribution >= 4 is 91.7 Å². The number of nitro groups is 1. The van der Waals surface area contributed by atoms with Crippen LogP contribution in [0.3, 0.4) is 0 Å². The Labute approximate surface area is 232 Å². The maximum absolute atomic E-state index is 12.6. The summed E-state index contributed by atoms with van der Waals surface area (Å²) in [6, 6.07) is 16.6. The number of hydrogen-bond donors (Lipinski definition) is 1. The molecule has 0 unspecified atom stereocenters. The van der Waals surface area contributed by atoms with Gasteiger partial charge in [0.2, 0.25) is 0 Å². The van der Waals surface area contributed by atoms with Gasteiger partial charge in [0, 0.05) is 16.1 Å². The molecule has 1 amide bonds. The number of nitrogens with zero attached hydrogens (tertiary/aromatic N) is 2. The Hall–Kier alpha value is -2.40. The third kappa shape index (κ3) is 6.82. The number of nitriles is 1. The van der Waals surface area contributed by atoms with E-state index in [0.29, 0.717) is 22.9 Å². The zero-order valence-electron chi connectivity index (χ0n) is 17.0. The molecular formula is C23H13Cl2I2N3O4. The Morgan fingerprint density at radius 2 is 1.71 bits per heavy atom. The molecule has 0 spiro atoms. The van der Waals surface area contributed by atoms with Crippen molar-refractivity contribution in [1.29, 1.82) is 5.26 Å². The Morgan fingerprint density at radius 3 is 2.29 bits per heavy atom. The molecule has 34 heavy (non-hydrogen) atoms. The molecule has 0 bridgehead atoms. The first-order valence-electron chi connectivity index (χ1n) is 9.41. The van der Waals surface area contributed by atoms with Crippen LogP contribution < -0.4 is 10.1 Å². The van der Waals surface area contributed by atoms with Crippen LogP contribution in [-0.2, 0) is 11.4 Å². The zero-order valence-corrected chi connectivity index (χ0v) is 22.8. The molecule has 0 aliphatic heterocycles. The fourth-order valence-corrected chi connectivity index (χ4v) is 5.22. The highest BCUT2D eigenvalue weighted by Gasteiger charge is 2.19. The zero-order chi connectivity index (χ0) is 24.8. The molecule has 0 aliphatic carbocycles. The van der Waals surface area contributed by atoms with Crippen LogP contribution in [0.15, 0.2) is 60.2 Å². The van der Waals surface area contributed by atoms with E-state index in [1.165, 1.54) is 18.2 Å². The van der Waals surface area contributed by atoms with Crippen LogP contribution >= 0.6 is 68.4 Å². The summed E-state index contributed by atoms with van der Waals surface area (Å²) < 4.78 is 7.53. The first-order chi connectivity index (χ1) is 16.2. The molecule has 0 fully saturated rings. The predicted molar refractivity (Wildman–Crippen MR) is 148 cm³/mol. The third-order valence-corrected chi connectivity index (χ3v) is 6.49. The lowest BCUT2D eigenvalue weighted by Gasteiger charge is -2.12. The molecule has 7 nitrogen and oxygen atoms in total. The molecule has 0 saturated carbocycles. The smallest absolute Gasteiger partial charge is 0.294 e. The minimum Gasteiger partial charge on any atom is -0.487 e. The molecule has 11 heteroatoms. The summed E-state index contributed by atoms with van der Waals surface area (Å²) in [6.07, 6.45) is 1.41. The van der Waals surface area contributed by atoms with Crippen LogP contribution in [0, 0.1) is 28.6 Å². The highest BCUT2D eigenvalue weighted by molar-refractivity contribution is 14.1. The molecule has 0 heterocycles. The number of amides is 1. The van der Waals surface area contributed by atoms with Crippen LogP contribution in [0.2, 0.25) is 10.0 Å². The summed E-state index contributed by atoms with van der Waals surface area (Å²) in [5.41, 5.74) is 0.912. The van der Waals surface area contributed by atoms with Crippen molar-refractivity contribution in [2.75, 3.05) is 5.32 Å². The Bertz CT molecular complexity index is 1320. The quantitative estimate of drug-likeness (QED) is 0.0912. The van der Waals surface area contributed by atoms with E-state index in [2.05, 4.69) is 50.5 Å². The lowest BCUT2D eigenvalue weighted by atomic mass is 10.1. The second kappa shape index (κ2) is 11.8. The summed E-state index contributed by atoms with van der Waals surface area (Å²) in [4.78, 5) is 23.2. The standard InChI is InChI=1S/C23H13Cl2I2N3O4/c24-16-3-1-13(2-4-16)12-34-22-18(26)8-14(9-19(22)27)7-15(11-28)23(31)29-20-6-5-17(25)10-21(20)30(32)33/h1-10H,12H2,(H,29,31). The number of nitro benzene ring substituents is 1. The van der Waals surface area contributed by atoms with Gasteiger partial charge in [0.05, 0.1) is 12.1 Å². The van der Waals surface area contributed by atoms with E-state index >= 15 is 0 Å². The summed E-state index contributed by atoms with van der Waals surface area (Å²) in [6.45, 7) is 0.351. The minimum atomic E-state index is -0.777. The van der Waals surface area contributed by atoms with Crippen molar-refractivity contribution in [2.24, 2.45) is 0 Å². The van der Waals surface area contributed by atoms with E-state index in [9.17, 15) is 20.2 Å². The van der Waals surface area contributed by atoms with Gasteiger partial charge in [-0.15, -0.1) is 0 Å². The number of hydrogen-bond acceptors (Lipinski definition) is 5. The molecule has 3 aromatic carbocycles. The second-order valence-corrected chi connectivity index (χ2v) is 9.97. The summed E-state index contributed by atoms with van der Waals surface area (Å²) in [5, 5.41) is 24.0. The molecule has 0 atom stereocenters. The van der Waals surface area contributed by atoms with Crippen LogP contribution in [0.25, 0.3) is 6.08 Å². The number of carbonyl (C=O) groups excluding carboxylic acids is 1. The van der Waals surface area contributed by atoms with Gasteiger partial charge in [-0.25, -0.2) is 0 Å². The fourth-order valence-electron chi connectivity index (χ4n) is 2.80. The van der Waals surface area contributed by atoms with E-state index in [0.717, 1.165) is 18.8 Å². The minimum absolute atomic E-state index is 0.0596. The molecule has 172 valence electrons. The Kier molecular flexibility index (Phi) is 9.12. The van der Waals surface area contributed by atoms with E-state index in [1.54, 1.807) is 24.3 Å². The number of nitrogens with one attached hydrogen (secondary N) is 1. The molecule has 0 aromatic heterocycles. The molecule has 0 radical (unpaired) electrons. The predicted octanol–water partition coefficient (Wildman–Crippen LogP) is 7.24. The van der Waals surface area contributed by atoms with Crippen LogP contribution in [0.5, 0.6) is 5.75 Å². The molecule has 0 aliphatic rings. The first kappa shape index (κ1) is 26.2. The number of rotatable bonds is 7. The van der Waals surface area contributed by atoms with Gasteiger partial charge in [0.25, 0.3) is 11.6 Å². The molecule has 3 aromatic rings. The third-order valence-electron chi connectivity index (χ3n) is 4.40. The van der Waals surface area contributed by atoms with E-state index in [1.807, 2.05) is 18.2 Å². The summed E-state index contributed by atoms with van der Waals surface area (Å²) in [7, 11) is 0. The van der Waals surface area contributed by atoms with Gasteiger partial charge < -0.3 is 10.1 Å². The van der Waals surface area contributed by atoms with Crippen molar-refractivity contribution in [2.45, 2.75) is 6.61 Å². The first-order valence-corrected chi connectivity index (χ1v) is 12.3. The van der Waals surface area contributed by atoms with Crippen molar-refractivity contribution in [3.05, 3.63) is 98.6 Å². The van der Waals surface area contributed by atoms with Gasteiger partial charge in [0.1, 0.15) is 29.7 Å². The summed E-state index contributed by atoms with van der Waals surface area (Å²) >= 11 is 15.9. The topological polar surface area (TPSA) is 105 Å². The number of ether oxygens (including phenoxy) is 1. The van der Waals surface area contributed by atoms with Gasteiger partial charge in [-0.3, -0.25) is 14.9 Å². The van der Waals surface area contributed by atoms with Gasteiger partial charge in [-0.1, -0.05) is 35.3 Å². The molecule has 1 N–H and O–H groups in total. The number of benzene rings is 3. The summed E-state index contributed by atoms with van der Waals surface area (Å²) in [5.74, 6) is -0.103. The van der Waals surface area contributed by atoms with Gasteiger partial charge >= 0.3 is 0 Å². The van der Waals surface area contributed by atoms with Crippen LogP contribution in [-0.4, -0.2) is 10.8 Å². The van der Waals surface area contributed by atoms with Crippen molar-refractivity contribution in [3.8, 4) is 11.8 Å². The monoisotopic (exact) mass is 719 g/mol. The highest BCUT2D eigenvalue weighted by atomic mass is 127. The van der Waals surface area contributed by atoms with E-state index in [-0.39, 0.29) is 22.0 Å². The average Bonchev–Trinajstić information content (AvgIpc) is 2.79. The lowest BCUT2D eigenvalue weighted by Crippen LogP contribution is -2.14. The van der Waals surface area contributed by atoms with E-state index in [4.69, 9.17) is 27.9 Å². The van der Waals surface area contributed by atoms with E-state index < -0.39 is 10.8 Å².